The first-order valence-corrected chi connectivity index (χ1v) is 7.73. The molecule has 2 aromatic carbocycles. The minimum Gasteiger partial charge on any atom is -0.384 e. The highest BCUT2D eigenvalue weighted by atomic mass is 35.5. The minimum absolute atomic E-state index is 0.0155. The maximum atomic E-state index is 12.7. The largest absolute Gasteiger partial charge is 0.384 e. The van der Waals surface area contributed by atoms with Crippen LogP contribution in [0.5, 0.6) is 0 Å². The predicted molar refractivity (Wildman–Crippen MR) is 93.0 cm³/mol. The molecular formula is C18H21ClN2O. The van der Waals surface area contributed by atoms with Gasteiger partial charge in [-0.25, -0.2) is 0 Å². The topological polar surface area (TPSA) is 32.3 Å². The van der Waals surface area contributed by atoms with Crippen LogP contribution in [0.3, 0.4) is 0 Å². The lowest BCUT2D eigenvalue weighted by Gasteiger charge is -2.14. The fourth-order valence-corrected chi connectivity index (χ4v) is 2.39. The molecule has 2 aromatic rings. The number of nitrogens with zero attached hydrogens (tertiary/aromatic N) is 1. The number of carbonyl (C=O) groups excluding carboxylic acids is 1. The number of anilines is 1. The first-order chi connectivity index (χ1) is 10.6. The highest BCUT2D eigenvalue weighted by Gasteiger charge is 2.14. The van der Waals surface area contributed by atoms with E-state index in [9.17, 15) is 4.79 Å². The Bertz CT molecular complexity index is 626. The van der Waals surface area contributed by atoms with Crippen LogP contribution in [0.15, 0.2) is 48.5 Å². The Labute approximate surface area is 136 Å². The Hall–Kier alpha value is -1.84. The number of rotatable bonds is 7. The van der Waals surface area contributed by atoms with Gasteiger partial charge in [0.2, 0.25) is 0 Å². The van der Waals surface area contributed by atoms with Crippen LogP contribution in [0.1, 0.15) is 22.3 Å². The third-order valence-electron chi connectivity index (χ3n) is 3.36. The van der Waals surface area contributed by atoms with Gasteiger partial charge in [0, 0.05) is 28.4 Å². The summed E-state index contributed by atoms with van der Waals surface area (Å²) >= 11 is 6.06. The Balaban J connectivity index is 2.16. The molecule has 0 aliphatic heterocycles. The summed E-state index contributed by atoms with van der Waals surface area (Å²) in [5.41, 5.74) is 2.11. The van der Waals surface area contributed by atoms with E-state index in [2.05, 4.69) is 10.2 Å². The summed E-state index contributed by atoms with van der Waals surface area (Å²) in [7, 11) is 4.10. The lowest BCUT2D eigenvalue weighted by molar-refractivity contribution is 0.103. The Morgan fingerprint density at radius 2 is 1.86 bits per heavy atom. The van der Waals surface area contributed by atoms with E-state index < -0.39 is 0 Å². The standard InChI is InChI=1S/C18H21ClN2O/c1-21(2)12-6-11-20-17-10-9-15(19)13-16(17)18(22)14-7-4-3-5-8-14/h3-5,7-10,13,20H,6,11-12H2,1-2H3. The first-order valence-electron chi connectivity index (χ1n) is 7.36. The molecule has 0 aromatic heterocycles. The van der Waals surface area contributed by atoms with Gasteiger partial charge in [0.25, 0.3) is 0 Å². The van der Waals surface area contributed by atoms with Crippen LogP contribution in [-0.4, -0.2) is 37.9 Å². The molecule has 22 heavy (non-hydrogen) atoms. The number of ketones is 1. The van der Waals surface area contributed by atoms with Gasteiger partial charge in [-0.15, -0.1) is 0 Å². The van der Waals surface area contributed by atoms with Crippen LogP contribution >= 0.6 is 11.6 Å². The highest BCUT2D eigenvalue weighted by molar-refractivity contribution is 6.31. The quantitative estimate of drug-likeness (QED) is 0.620. The molecule has 2 rings (SSSR count). The van der Waals surface area contributed by atoms with E-state index in [1.807, 2.05) is 50.5 Å². The van der Waals surface area contributed by atoms with Crippen LogP contribution in [0.2, 0.25) is 5.02 Å². The fourth-order valence-electron chi connectivity index (χ4n) is 2.22. The van der Waals surface area contributed by atoms with Crippen molar-refractivity contribution in [3.63, 3.8) is 0 Å². The summed E-state index contributed by atoms with van der Waals surface area (Å²) in [6.45, 7) is 1.82. The van der Waals surface area contributed by atoms with Gasteiger partial charge in [-0.3, -0.25) is 4.79 Å². The van der Waals surface area contributed by atoms with Crippen molar-refractivity contribution < 1.29 is 4.79 Å². The Morgan fingerprint density at radius 1 is 1.14 bits per heavy atom. The molecular weight excluding hydrogens is 296 g/mol. The summed E-state index contributed by atoms with van der Waals surface area (Å²) in [5.74, 6) is -0.0155. The van der Waals surface area contributed by atoms with E-state index in [1.54, 1.807) is 12.1 Å². The van der Waals surface area contributed by atoms with E-state index >= 15 is 0 Å². The second-order valence-electron chi connectivity index (χ2n) is 5.47. The van der Waals surface area contributed by atoms with Gasteiger partial charge in [-0.1, -0.05) is 41.9 Å². The molecule has 0 spiro atoms. The van der Waals surface area contributed by atoms with Crippen molar-refractivity contribution in [2.24, 2.45) is 0 Å². The second kappa shape index (κ2) is 7.97. The van der Waals surface area contributed by atoms with Gasteiger partial charge < -0.3 is 10.2 Å². The van der Waals surface area contributed by atoms with Crippen molar-refractivity contribution in [1.82, 2.24) is 4.90 Å². The molecule has 0 amide bonds. The molecule has 0 saturated heterocycles. The molecule has 0 unspecified atom stereocenters. The zero-order chi connectivity index (χ0) is 15.9. The molecule has 3 nitrogen and oxygen atoms in total. The summed E-state index contributed by atoms with van der Waals surface area (Å²) < 4.78 is 0. The zero-order valence-corrected chi connectivity index (χ0v) is 13.7. The predicted octanol–water partition coefficient (Wildman–Crippen LogP) is 3.93. The smallest absolute Gasteiger partial charge is 0.195 e. The third-order valence-corrected chi connectivity index (χ3v) is 3.59. The summed E-state index contributed by atoms with van der Waals surface area (Å²) in [6, 6.07) is 14.7. The fraction of sp³-hybridized carbons (Fsp3) is 0.278. The summed E-state index contributed by atoms with van der Waals surface area (Å²) in [6.07, 6.45) is 1.01. The molecule has 0 heterocycles. The molecule has 0 aliphatic carbocycles. The Kier molecular flexibility index (Phi) is 5.99. The monoisotopic (exact) mass is 316 g/mol. The maximum absolute atomic E-state index is 12.7. The van der Waals surface area contributed by atoms with Gasteiger partial charge in [0.15, 0.2) is 5.78 Å². The van der Waals surface area contributed by atoms with E-state index in [-0.39, 0.29) is 5.78 Å². The third kappa shape index (κ3) is 4.58. The second-order valence-corrected chi connectivity index (χ2v) is 5.91. The van der Waals surface area contributed by atoms with Crippen LogP contribution < -0.4 is 5.32 Å². The summed E-state index contributed by atoms with van der Waals surface area (Å²) in [4.78, 5) is 14.8. The first kappa shape index (κ1) is 16.5. The number of carbonyl (C=O) groups is 1. The van der Waals surface area contributed by atoms with Gasteiger partial charge in [-0.05, 0) is 45.3 Å². The summed E-state index contributed by atoms with van der Waals surface area (Å²) in [5, 5.41) is 3.91. The average Bonchev–Trinajstić information content (AvgIpc) is 2.52. The number of halogens is 1. The van der Waals surface area contributed by atoms with Gasteiger partial charge in [-0.2, -0.15) is 0 Å². The minimum atomic E-state index is -0.0155. The molecule has 0 fully saturated rings. The molecule has 0 saturated carbocycles. The van der Waals surface area contributed by atoms with Crippen molar-refractivity contribution in [1.29, 1.82) is 0 Å². The Morgan fingerprint density at radius 3 is 2.55 bits per heavy atom. The van der Waals surface area contributed by atoms with Crippen LogP contribution in [0, 0.1) is 0 Å². The molecule has 4 heteroatoms. The van der Waals surface area contributed by atoms with Gasteiger partial charge in [0.05, 0.1) is 0 Å². The molecule has 0 radical (unpaired) electrons. The normalized spacial score (nSPS) is 10.7. The van der Waals surface area contributed by atoms with E-state index in [0.717, 1.165) is 25.2 Å². The number of hydrogen-bond acceptors (Lipinski definition) is 3. The van der Waals surface area contributed by atoms with Crippen molar-refractivity contribution in [2.75, 3.05) is 32.5 Å². The van der Waals surface area contributed by atoms with Crippen molar-refractivity contribution >= 4 is 23.1 Å². The molecule has 0 atom stereocenters. The highest BCUT2D eigenvalue weighted by Crippen LogP contribution is 2.23. The van der Waals surface area contributed by atoms with Crippen LogP contribution in [0.25, 0.3) is 0 Å². The van der Waals surface area contributed by atoms with E-state index in [0.29, 0.717) is 16.1 Å². The molecule has 1 N–H and O–H groups in total. The zero-order valence-electron chi connectivity index (χ0n) is 13.0. The number of benzene rings is 2. The van der Waals surface area contributed by atoms with E-state index in [1.165, 1.54) is 0 Å². The number of nitrogens with one attached hydrogen (secondary N) is 1. The van der Waals surface area contributed by atoms with Crippen molar-refractivity contribution in [3.8, 4) is 0 Å². The van der Waals surface area contributed by atoms with Gasteiger partial charge >= 0.3 is 0 Å². The molecule has 0 bridgehead atoms. The lowest BCUT2D eigenvalue weighted by Crippen LogP contribution is -2.17. The maximum Gasteiger partial charge on any atom is 0.195 e. The van der Waals surface area contributed by atoms with Crippen molar-refractivity contribution in [3.05, 3.63) is 64.7 Å². The molecule has 0 aliphatic rings. The van der Waals surface area contributed by atoms with Crippen molar-refractivity contribution in [2.45, 2.75) is 6.42 Å². The average molecular weight is 317 g/mol. The van der Waals surface area contributed by atoms with Gasteiger partial charge in [0.1, 0.15) is 0 Å². The SMILES string of the molecule is CN(C)CCCNc1ccc(Cl)cc1C(=O)c1ccccc1. The van der Waals surface area contributed by atoms with Crippen LogP contribution in [-0.2, 0) is 0 Å². The lowest BCUT2D eigenvalue weighted by atomic mass is 10.0. The van der Waals surface area contributed by atoms with Crippen LogP contribution in [0.4, 0.5) is 5.69 Å². The molecule has 116 valence electrons. The number of hydrogen-bond donors (Lipinski definition) is 1. The van der Waals surface area contributed by atoms with E-state index in [4.69, 9.17) is 11.6 Å².